The van der Waals surface area contributed by atoms with E-state index >= 15 is 0 Å². The van der Waals surface area contributed by atoms with Crippen molar-refractivity contribution in [2.75, 3.05) is 13.1 Å². The maximum absolute atomic E-state index is 11.6. The summed E-state index contributed by atoms with van der Waals surface area (Å²) in [5.74, 6) is -4.48. The van der Waals surface area contributed by atoms with Gasteiger partial charge in [0, 0.05) is 25.2 Å². The van der Waals surface area contributed by atoms with Gasteiger partial charge in [0.05, 0.1) is 0 Å². The van der Waals surface area contributed by atoms with Crippen LogP contribution in [-0.4, -0.2) is 61.1 Å². The molecule has 0 aliphatic rings. The molecule has 0 aromatic heterocycles. The first-order valence-electron chi connectivity index (χ1n) is 8.80. The van der Waals surface area contributed by atoms with Gasteiger partial charge in [0.1, 0.15) is 12.1 Å². The minimum absolute atomic E-state index is 0.111. The molecule has 2 atom stereocenters. The Hall–Kier alpha value is -3.52. The summed E-state index contributed by atoms with van der Waals surface area (Å²) in [5, 5.41) is 4.60. The number of ether oxygens (including phenoxy) is 2. The van der Waals surface area contributed by atoms with Gasteiger partial charge >= 0.3 is 35.9 Å². The molecule has 0 unspecified atom stereocenters. The van der Waals surface area contributed by atoms with Crippen LogP contribution in [0.2, 0.25) is 0 Å². The molecule has 0 rings (SSSR count). The third-order valence-electron chi connectivity index (χ3n) is 3.35. The molecule has 14 nitrogen and oxygen atoms in total. The summed E-state index contributed by atoms with van der Waals surface area (Å²) < 4.78 is 8.83. The van der Waals surface area contributed by atoms with Crippen molar-refractivity contribution in [3.63, 3.8) is 0 Å². The number of esters is 4. The van der Waals surface area contributed by atoms with Crippen molar-refractivity contribution in [2.45, 2.75) is 37.8 Å². The average molecular weight is 430 g/mol. The normalized spacial score (nSPS) is 12.5. The van der Waals surface area contributed by atoms with Crippen LogP contribution in [0.3, 0.4) is 0 Å². The number of nitrogens with one attached hydrogen (secondary N) is 2. The average Bonchev–Trinajstić information content (AvgIpc) is 2.66. The predicted octanol–water partition coefficient (Wildman–Crippen LogP) is -2.77. The first kappa shape index (κ1) is 26.5. The van der Waals surface area contributed by atoms with Crippen LogP contribution in [0.25, 0.3) is 0 Å². The van der Waals surface area contributed by atoms with Crippen LogP contribution >= 0.6 is 0 Å². The largest absolute Gasteiger partial charge is 0.389 e. The van der Waals surface area contributed by atoms with Crippen molar-refractivity contribution >= 4 is 35.9 Å². The number of primary amides is 2. The van der Waals surface area contributed by atoms with E-state index in [2.05, 4.69) is 20.1 Å². The Labute approximate surface area is 171 Å². The van der Waals surface area contributed by atoms with Gasteiger partial charge in [-0.15, -0.1) is 0 Å². The Kier molecular flexibility index (Phi) is 12.8. The van der Waals surface area contributed by atoms with Crippen molar-refractivity contribution < 1.29 is 38.2 Å². The summed E-state index contributed by atoms with van der Waals surface area (Å²) in [6.45, 7) is 0.377. The lowest BCUT2D eigenvalue weighted by molar-refractivity contribution is -0.160. The second kappa shape index (κ2) is 14.5. The summed E-state index contributed by atoms with van der Waals surface area (Å²) in [5.41, 5.74) is 20.8. The Morgan fingerprint density at radius 3 is 1.33 bits per heavy atom. The zero-order chi connectivity index (χ0) is 23.1. The van der Waals surface area contributed by atoms with Crippen LogP contribution in [0.15, 0.2) is 12.2 Å². The van der Waals surface area contributed by atoms with E-state index in [4.69, 9.17) is 22.9 Å². The summed E-state index contributed by atoms with van der Waals surface area (Å²) in [4.78, 5) is 67.2. The number of amides is 4. The molecule has 0 saturated heterocycles. The highest BCUT2D eigenvalue weighted by atomic mass is 16.6. The molecule has 0 aromatic carbocycles. The van der Waals surface area contributed by atoms with Crippen LogP contribution < -0.4 is 33.6 Å². The highest BCUT2D eigenvalue weighted by Crippen LogP contribution is 1.99. The fourth-order valence-corrected chi connectivity index (χ4v) is 1.86. The molecule has 0 heterocycles. The predicted molar refractivity (Wildman–Crippen MR) is 101 cm³/mol. The lowest BCUT2D eigenvalue weighted by atomic mass is 10.2. The Bertz CT molecular complexity index is 625. The summed E-state index contributed by atoms with van der Waals surface area (Å²) in [6, 6.07) is -3.71. The molecule has 0 radical (unpaired) electrons. The van der Waals surface area contributed by atoms with Crippen LogP contribution in [-0.2, 0) is 28.7 Å². The van der Waals surface area contributed by atoms with Gasteiger partial charge in [0.15, 0.2) is 0 Å². The van der Waals surface area contributed by atoms with E-state index in [0.717, 1.165) is 0 Å². The molecular weight excluding hydrogens is 404 g/mol. The second-order valence-corrected chi connectivity index (χ2v) is 5.89. The van der Waals surface area contributed by atoms with E-state index in [-0.39, 0.29) is 25.9 Å². The number of hydrogen-bond acceptors (Lipinski definition) is 10. The maximum atomic E-state index is 11.6. The zero-order valence-corrected chi connectivity index (χ0v) is 16.1. The molecule has 0 bridgehead atoms. The molecule has 0 saturated carbocycles. The second-order valence-electron chi connectivity index (χ2n) is 5.89. The number of carbonyl (C=O) groups excluding carboxylic acids is 6. The number of rotatable bonds is 12. The van der Waals surface area contributed by atoms with Crippen molar-refractivity contribution in [3.05, 3.63) is 12.2 Å². The first-order valence-corrected chi connectivity index (χ1v) is 8.80. The zero-order valence-electron chi connectivity index (χ0n) is 16.1. The number of nitrogens with two attached hydrogens (primary N) is 4. The van der Waals surface area contributed by atoms with Gasteiger partial charge in [0.25, 0.3) is 0 Å². The van der Waals surface area contributed by atoms with Gasteiger partial charge in [-0.1, -0.05) is 0 Å². The fourth-order valence-electron chi connectivity index (χ4n) is 1.86. The molecule has 0 spiro atoms. The minimum atomic E-state index is -1.20. The fraction of sp³-hybridized carbons (Fsp3) is 0.500. The number of carbonyl (C=O) groups is 6. The van der Waals surface area contributed by atoms with Gasteiger partial charge in [-0.05, 0) is 25.7 Å². The summed E-state index contributed by atoms with van der Waals surface area (Å²) in [7, 11) is 0. The van der Waals surface area contributed by atoms with E-state index in [9.17, 15) is 28.8 Å². The van der Waals surface area contributed by atoms with Crippen molar-refractivity contribution in [1.29, 1.82) is 0 Å². The third-order valence-corrected chi connectivity index (χ3v) is 3.35. The van der Waals surface area contributed by atoms with Crippen LogP contribution in [0, 0.1) is 0 Å². The van der Waals surface area contributed by atoms with Gasteiger partial charge in [-0.3, -0.25) is 0 Å². The Morgan fingerprint density at radius 2 is 1.03 bits per heavy atom. The molecule has 10 N–H and O–H groups in total. The molecule has 168 valence electrons. The van der Waals surface area contributed by atoms with E-state index < -0.39 is 48.0 Å². The molecule has 14 heteroatoms. The minimum Gasteiger partial charge on any atom is -0.389 e. The van der Waals surface area contributed by atoms with Gasteiger partial charge < -0.3 is 43.0 Å². The molecule has 0 fully saturated rings. The monoisotopic (exact) mass is 430 g/mol. The Morgan fingerprint density at radius 1 is 0.700 bits per heavy atom. The molecule has 30 heavy (non-hydrogen) atoms. The summed E-state index contributed by atoms with van der Waals surface area (Å²) in [6.07, 6.45) is 2.01. The van der Waals surface area contributed by atoms with Gasteiger partial charge in [-0.2, -0.15) is 0 Å². The molecular formula is C16H26N6O8. The van der Waals surface area contributed by atoms with Crippen LogP contribution in [0.1, 0.15) is 25.7 Å². The van der Waals surface area contributed by atoms with E-state index in [1.54, 1.807) is 0 Å². The van der Waals surface area contributed by atoms with Crippen LogP contribution in [0.5, 0.6) is 0 Å². The highest BCUT2D eigenvalue weighted by Gasteiger charge is 2.19. The number of urea groups is 2. The molecule has 0 aliphatic heterocycles. The smallest absolute Gasteiger partial charge is 0.338 e. The number of hydrogen-bond donors (Lipinski definition) is 6. The maximum Gasteiger partial charge on any atom is 0.338 e. The molecule has 0 aliphatic carbocycles. The van der Waals surface area contributed by atoms with E-state index in [1.807, 2.05) is 0 Å². The van der Waals surface area contributed by atoms with Gasteiger partial charge in [-0.25, -0.2) is 28.8 Å². The van der Waals surface area contributed by atoms with Crippen LogP contribution in [0.4, 0.5) is 9.59 Å². The van der Waals surface area contributed by atoms with Gasteiger partial charge in [0.2, 0.25) is 0 Å². The molecule has 4 amide bonds. The van der Waals surface area contributed by atoms with E-state index in [0.29, 0.717) is 25.0 Å². The Balaban J connectivity index is 4.22. The SMILES string of the molecule is NC(=O)NCCC[C@@H](N)C(=O)OC(=O)/C=C\C(=O)OC(=O)[C@H](N)CCCNC(N)=O. The lowest BCUT2D eigenvalue weighted by Gasteiger charge is -2.10. The topological polar surface area (TPSA) is 249 Å². The summed E-state index contributed by atoms with van der Waals surface area (Å²) >= 11 is 0. The standard InChI is InChI=1S/C16H26N6O8/c17-9(3-1-7-21-15(19)27)13(25)29-11(23)5-6-12(24)30-14(26)10(18)4-2-8-22-16(20)28/h5-6,9-10H,1-4,7-8,17-18H2,(H3,19,21,27)(H3,20,22,28)/b6-5-/t9-,10-/m1/s1. The highest BCUT2D eigenvalue weighted by molar-refractivity contribution is 6.00. The lowest BCUT2D eigenvalue weighted by Crippen LogP contribution is -2.36. The third kappa shape index (κ3) is 13.6. The van der Waals surface area contributed by atoms with Crippen molar-refractivity contribution in [1.82, 2.24) is 10.6 Å². The van der Waals surface area contributed by atoms with Crippen molar-refractivity contribution in [2.24, 2.45) is 22.9 Å². The van der Waals surface area contributed by atoms with E-state index in [1.165, 1.54) is 0 Å². The quantitative estimate of drug-likeness (QED) is 0.0804. The first-order chi connectivity index (χ1) is 14.0. The van der Waals surface area contributed by atoms with Crippen molar-refractivity contribution in [3.8, 4) is 0 Å². The molecule has 0 aromatic rings.